The molecule has 2 aromatic heterocycles. The van der Waals surface area contributed by atoms with Crippen LogP contribution in [0.25, 0.3) is 5.65 Å². The maximum absolute atomic E-state index is 13.9. The molecular formula is C18H19FN4O. The van der Waals surface area contributed by atoms with E-state index in [1.54, 1.807) is 18.2 Å². The molecule has 5 nitrogen and oxygen atoms in total. The van der Waals surface area contributed by atoms with Gasteiger partial charge in [0.1, 0.15) is 5.82 Å². The molecule has 0 amide bonds. The first kappa shape index (κ1) is 15.2. The van der Waals surface area contributed by atoms with E-state index in [1.807, 2.05) is 28.8 Å². The summed E-state index contributed by atoms with van der Waals surface area (Å²) >= 11 is 0. The molecule has 1 saturated heterocycles. The molecule has 0 spiro atoms. The summed E-state index contributed by atoms with van der Waals surface area (Å²) in [6, 6.07) is 12.3. The number of pyridine rings is 1. The number of nitrogens with zero attached hydrogens (tertiary/aromatic N) is 4. The number of hydrogen-bond donors (Lipinski definition) is 1. The van der Waals surface area contributed by atoms with E-state index < -0.39 is 6.10 Å². The Morgan fingerprint density at radius 1 is 1.17 bits per heavy atom. The van der Waals surface area contributed by atoms with Crippen molar-refractivity contribution in [3.63, 3.8) is 0 Å². The molecule has 3 aromatic rings. The van der Waals surface area contributed by atoms with Gasteiger partial charge < -0.3 is 5.11 Å². The third-order valence-electron chi connectivity index (χ3n) is 4.67. The number of aliphatic hydroxyl groups is 1. The van der Waals surface area contributed by atoms with Crippen LogP contribution in [0, 0.1) is 5.82 Å². The van der Waals surface area contributed by atoms with E-state index >= 15 is 0 Å². The maximum atomic E-state index is 13.9. The number of β-amino-alcohol motifs (C(OH)–C–C–N with tert-alkyl or cyclic N) is 1. The molecule has 0 bridgehead atoms. The fourth-order valence-corrected chi connectivity index (χ4v) is 3.49. The van der Waals surface area contributed by atoms with E-state index in [1.165, 1.54) is 6.07 Å². The quantitative estimate of drug-likeness (QED) is 0.801. The van der Waals surface area contributed by atoms with Gasteiger partial charge in [-0.25, -0.2) is 4.39 Å². The Labute approximate surface area is 139 Å². The Morgan fingerprint density at radius 2 is 2.00 bits per heavy atom. The zero-order valence-corrected chi connectivity index (χ0v) is 13.2. The van der Waals surface area contributed by atoms with Gasteiger partial charge in [-0.3, -0.25) is 9.30 Å². The molecule has 124 valence electrons. The van der Waals surface area contributed by atoms with E-state index in [4.69, 9.17) is 0 Å². The van der Waals surface area contributed by atoms with Crippen LogP contribution in [0.3, 0.4) is 0 Å². The predicted molar refractivity (Wildman–Crippen MR) is 87.9 cm³/mol. The van der Waals surface area contributed by atoms with Gasteiger partial charge >= 0.3 is 0 Å². The van der Waals surface area contributed by atoms with Crippen LogP contribution >= 0.6 is 0 Å². The number of halogens is 1. The second-order valence-electron chi connectivity index (χ2n) is 6.18. The molecule has 1 aliphatic rings. The molecule has 3 heterocycles. The Kier molecular flexibility index (Phi) is 4.00. The van der Waals surface area contributed by atoms with Crippen molar-refractivity contribution in [1.29, 1.82) is 0 Å². The molecule has 24 heavy (non-hydrogen) atoms. The van der Waals surface area contributed by atoms with E-state index in [9.17, 15) is 9.50 Å². The zero-order valence-electron chi connectivity index (χ0n) is 13.2. The van der Waals surface area contributed by atoms with Crippen molar-refractivity contribution in [3.8, 4) is 0 Å². The van der Waals surface area contributed by atoms with Crippen LogP contribution in [-0.2, 0) is 0 Å². The molecule has 2 atom stereocenters. The van der Waals surface area contributed by atoms with Crippen LogP contribution in [0.1, 0.15) is 36.4 Å². The van der Waals surface area contributed by atoms with Crippen molar-refractivity contribution in [3.05, 3.63) is 65.9 Å². The number of aliphatic hydroxyl groups excluding tert-OH is 1. The summed E-state index contributed by atoms with van der Waals surface area (Å²) in [6.07, 6.45) is 3.08. The molecule has 4 rings (SSSR count). The van der Waals surface area contributed by atoms with Crippen LogP contribution in [0.4, 0.5) is 4.39 Å². The lowest BCUT2D eigenvalue weighted by molar-refractivity contribution is 0.101. The minimum Gasteiger partial charge on any atom is -0.387 e. The van der Waals surface area contributed by atoms with Crippen molar-refractivity contribution < 1.29 is 9.50 Å². The molecule has 0 saturated carbocycles. The molecular weight excluding hydrogens is 307 g/mol. The summed E-state index contributed by atoms with van der Waals surface area (Å²) in [5, 5.41) is 19.0. The Bertz CT molecular complexity index is 850. The van der Waals surface area contributed by atoms with Crippen LogP contribution in [-0.4, -0.2) is 37.7 Å². The second-order valence-corrected chi connectivity index (χ2v) is 6.18. The van der Waals surface area contributed by atoms with Gasteiger partial charge in [0.05, 0.1) is 12.1 Å². The third kappa shape index (κ3) is 2.68. The fourth-order valence-electron chi connectivity index (χ4n) is 3.49. The largest absolute Gasteiger partial charge is 0.387 e. The average Bonchev–Trinajstić information content (AvgIpc) is 3.21. The second kappa shape index (κ2) is 6.30. The maximum Gasteiger partial charge on any atom is 0.160 e. The van der Waals surface area contributed by atoms with Crippen LogP contribution in [0.15, 0.2) is 48.7 Å². The fraction of sp³-hybridized carbons (Fsp3) is 0.333. The Hall–Kier alpha value is -2.31. The van der Waals surface area contributed by atoms with Gasteiger partial charge in [0.15, 0.2) is 11.5 Å². The molecule has 0 unspecified atom stereocenters. The van der Waals surface area contributed by atoms with Gasteiger partial charge in [0, 0.05) is 18.3 Å². The summed E-state index contributed by atoms with van der Waals surface area (Å²) < 4.78 is 15.9. The normalized spacial score (nSPS) is 19.8. The summed E-state index contributed by atoms with van der Waals surface area (Å²) in [6.45, 7) is 1.24. The standard InChI is InChI=1S/C18H19FN4O/c19-14-7-2-1-6-13(14)16(24)12-22-10-5-8-15(22)18-21-20-17-9-3-4-11-23(17)18/h1-4,6-7,9,11,15-16,24H,5,8,10,12H2/t15-,16+/m1/s1. The van der Waals surface area contributed by atoms with Crippen LogP contribution < -0.4 is 0 Å². The first-order valence-corrected chi connectivity index (χ1v) is 8.20. The lowest BCUT2D eigenvalue weighted by atomic mass is 10.1. The topological polar surface area (TPSA) is 53.7 Å². The van der Waals surface area contributed by atoms with Crippen molar-refractivity contribution in [2.45, 2.75) is 25.0 Å². The highest BCUT2D eigenvalue weighted by Crippen LogP contribution is 2.33. The molecule has 1 N–H and O–H groups in total. The summed E-state index contributed by atoms with van der Waals surface area (Å²) in [5.41, 5.74) is 1.16. The first-order chi connectivity index (χ1) is 11.7. The summed E-state index contributed by atoms with van der Waals surface area (Å²) in [4.78, 5) is 2.17. The van der Waals surface area contributed by atoms with Crippen molar-refractivity contribution in [2.24, 2.45) is 0 Å². The number of hydrogen-bond acceptors (Lipinski definition) is 4. The van der Waals surface area contributed by atoms with E-state index in [0.29, 0.717) is 12.1 Å². The minimum atomic E-state index is -0.856. The van der Waals surface area contributed by atoms with Crippen LogP contribution in [0.5, 0.6) is 0 Å². The van der Waals surface area contributed by atoms with Gasteiger partial charge in [-0.05, 0) is 37.6 Å². The summed E-state index contributed by atoms with van der Waals surface area (Å²) in [7, 11) is 0. The van der Waals surface area contributed by atoms with Gasteiger partial charge in [0.2, 0.25) is 0 Å². The van der Waals surface area contributed by atoms with Gasteiger partial charge in [-0.15, -0.1) is 10.2 Å². The smallest absolute Gasteiger partial charge is 0.160 e. The molecule has 1 aromatic carbocycles. The Morgan fingerprint density at radius 3 is 2.88 bits per heavy atom. The lowest BCUT2D eigenvalue weighted by Gasteiger charge is -2.26. The molecule has 0 aliphatic carbocycles. The van der Waals surface area contributed by atoms with Gasteiger partial charge in [-0.1, -0.05) is 24.3 Å². The highest BCUT2D eigenvalue weighted by atomic mass is 19.1. The van der Waals surface area contributed by atoms with E-state index in [-0.39, 0.29) is 11.9 Å². The highest BCUT2D eigenvalue weighted by Gasteiger charge is 2.31. The van der Waals surface area contributed by atoms with E-state index in [2.05, 4.69) is 15.1 Å². The number of fused-ring (bicyclic) bond motifs is 1. The number of aromatic nitrogens is 3. The molecule has 1 aliphatic heterocycles. The number of rotatable bonds is 4. The lowest BCUT2D eigenvalue weighted by Crippen LogP contribution is -2.29. The third-order valence-corrected chi connectivity index (χ3v) is 4.67. The predicted octanol–water partition coefficient (Wildman–Crippen LogP) is 2.74. The molecule has 6 heteroatoms. The summed E-state index contributed by atoms with van der Waals surface area (Å²) in [5.74, 6) is 0.512. The highest BCUT2D eigenvalue weighted by molar-refractivity contribution is 5.37. The number of benzene rings is 1. The Balaban J connectivity index is 1.58. The zero-order chi connectivity index (χ0) is 16.5. The van der Waals surface area contributed by atoms with Gasteiger partial charge in [-0.2, -0.15) is 0 Å². The monoisotopic (exact) mass is 326 g/mol. The van der Waals surface area contributed by atoms with Gasteiger partial charge in [0.25, 0.3) is 0 Å². The van der Waals surface area contributed by atoms with Crippen molar-refractivity contribution >= 4 is 5.65 Å². The molecule has 0 radical (unpaired) electrons. The first-order valence-electron chi connectivity index (χ1n) is 8.20. The molecule has 1 fully saturated rings. The number of likely N-dealkylation sites (tertiary alicyclic amines) is 1. The van der Waals surface area contributed by atoms with Crippen molar-refractivity contribution in [2.75, 3.05) is 13.1 Å². The average molecular weight is 326 g/mol. The van der Waals surface area contributed by atoms with Crippen molar-refractivity contribution in [1.82, 2.24) is 19.5 Å². The van der Waals surface area contributed by atoms with Crippen LogP contribution in [0.2, 0.25) is 0 Å². The minimum absolute atomic E-state index is 0.0869. The SMILES string of the molecule is O[C@@H](CN1CCC[C@@H]1c1nnc2ccccn12)c1ccccc1F. The van der Waals surface area contributed by atoms with E-state index in [0.717, 1.165) is 30.9 Å².